The second-order valence-electron chi connectivity index (χ2n) is 22.3. The maximum absolute atomic E-state index is 13.1. The van der Waals surface area contributed by atoms with Crippen molar-refractivity contribution in [2.75, 3.05) is 39.7 Å². The van der Waals surface area contributed by atoms with E-state index in [1.807, 2.05) is 54.8 Å². The number of ether oxygens (including phenoxy) is 2. The second kappa shape index (κ2) is 36.6. The zero-order valence-corrected chi connectivity index (χ0v) is 64.8. The molecule has 28 nitrogen and oxygen atoms in total. The molecule has 0 saturated heterocycles. The molecule has 0 spiro atoms. The normalized spacial score (nSPS) is 14.1. The summed E-state index contributed by atoms with van der Waals surface area (Å²) in [5.41, 5.74) is 6.70. The molecular formula is C63H64N9Na3O19S5. The standard InChI is InChI=1S/C63H67N9O19S5.3Na/c1-3-41(32-58-68(49-22-20-47(93-91-90-76)39-55(49)88-58)26-9-5-7-16-57(73)64-45-14-11-15-46(38-45)72-63(92)65-66-67-72)34-60-70(28-12-30-94(77,78)79)51-36-43(18-24-53(51)86-60)44-19-25-54-52(37-44)71(29-13-31-95(80,81)82)61(87-54)35-42(4-2)33-59-69(27-10-6-8-17-62(74)75)50-23-21-48(96(83,84)85)40-56(50)89-59;;;/h11,14-15,18-25,32-40H,3-10,12-13,16-17,26-31H2,1-2H3,(H5-2,64,65,67,73,74,75,76,77,78,79,80,81,82,83,84,85,92);;;/q;3*+1/p-3. The minimum atomic E-state index is -4.84. The van der Waals surface area contributed by atoms with Crippen LogP contribution in [0.15, 0.2) is 156 Å². The van der Waals surface area contributed by atoms with Gasteiger partial charge in [0.2, 0.25) is 34.0 Å². The van der Waals surface area contributed by atoms with Crippen LogP contribution in [0.5, 0.6) is 11.5 Å². The van der Waals surface area contributed by atoms with E-state index < -0.39 is 52.7 Å². The van der Waals surface area contributed by atoms with Crippen molar-refractivity contribution in [1.29, 1.82) is 0 Å². The van der Waals surface area contributed by atoms with E-state index in [0.717, 1.165) is 17.2 Å². The van der Waals surface area contributed by atoms with Crippen molar-refractivity contribution < 1.29 is 184 Å². The Kier molecular flexibility index (Phi) is 29.9. The van der Waals surface area contributed by atoms with Crippen LogP contribution < -0.4 is 133 Å². The first-order valence-electron chi connectivity index (χ1n) is 30.4. The topological polar surface area (TPSA) is 385 Å². The van der Waals surface area contributed by atoms with Gasteiger partial charge in [-0.3, -0.25) is 9.83 Å². The van der Waals surface area contributed by atoms with E-state index >= 15 is 0 Å². The van der Waals surface area contributed by atoms with E-state index in [2.05, 4.69) is 42.8 Å². The van der Waals surface area contributed by atoms with E-state index in [9.17, 15) is 58.9 Å². The number of anilines is 3. The first-order valence-corrected chi connectivity index (χ1v) is 36.2. The molecule has 2 aliphatic rings. The first-order chi connectivity index (χ1) is 45.9. The van der Waals surface area contributed by atoms with Gasteiger partial charge in [-0.05, 0) is 145 Å². The van der Waals surface area contributed by atoms with Crippen LogP contribution in [0.3, 0.4) is 0 Å². The quantitative estimate of drug-likeness (QED) is 0.00675. The van der Waals surface area contributed by atoms with Gasteiger partial charge < -0.3 is 62.2 Å². The summed E-state index contributed by atoms with van der Waals surface area (Å²) in [6, 6.07) is 26.9. The molecule has 2 aliphatic heterocycles. The molecule has 508 valence electrons. The molecule has 5 heterocycles. The number of rotatable bonds is 33. The Morgan fingerprint density at radius 3 is 1.69 bits per heavy atom. The molecular weight excluding hydrogens is 1420 g/mol. The van der Waals surface area contributed by atoms with Crippen LogP contribution in [0.2, 0.25) is 0 Å². The van der Waals surface area contributed by atoms with Gasteiger partial charge in [-0.25, -0.2) is 25.3 Å². The molecule has 3 aromatic heterocycles. The van der Waals surface area contributed by atoms with Gasteiger partial charge in [-0.15, -0.1) is 17.7 Å². The van der Waals surface area contributed by atoms with Crippen molar-refractivity contribution in [3.8, 4) is 28.3 Å². The number of tetrazole rings is 1. The Morgan fingerprint density at radius 1 is 0.657 bits per heavy atom. The van der Waals surface area contributed by atoms with Crippen molar-refractivity contribution in [2.45, 2.75) is 119 Å². The summed E-state index contributed by atoms with van der Waals surface area (Å²) in [6.45, 7) is 4.65. The van der Waals surface area contributed by atoms with E-state index in [4.69, 9.17) is 18.3 Å². The molecule has 0 fully saturated rings. The molecule has 1 amide bonds. The Bertz CT molecular complexity index is 4720. The zero-order chi connectivity index (χ0) is 68.3. The first kappa shape index (κ1) is 80.8. The molecule has 36 heteroatoms. The maximum Gasteiger partial charge on any atom is 1.00 e. The minimum absolute atomic E-state index is 0. The number of unbranched alkanes of at least 4 members (excludes halogenated alkanes) is 4. The third-order valence-electron chi connectivity index (χ3n) is 15.6. The molecule has 0 saturated carbocycles. The smallest absolute Gasteiger partial charge is 0.748 e. The third-order valence-corrected chi connectivity index (χ3v) is 18.9. The number of oxazole rings is 2. The number of carbonyl (C=O) groups is 2. The molecule has 0 aliphatic carbocycles. The summed E-state index contributed by atoms with van der Waals surface area (Å²) < 4.78 is 143. The number of benzene rings is 5. The molecule has 0 radical (unpaired) electrons. The van der Waals surface area contributed by atoms with Gasteiger partial charge in [0.15, 0.2) is 24.6 Å². The van der Waals surface area contributed by atoms with Gasteiger partial charge in [0.05, 0.1) is 66.4 Å². The van der Waals surface area contributed by atoms with E-state index in [0.29, 0.717) is 155 Å². The van der Waals surface area contributed by atoms with Crippen molar-refractivity contribution in [2.24, 2.45) is 0 Å². The summed E-state index contributed by atoms with van der Waals surface area (Å²) >= 11 is 4.98. The minimum Gasteiger partial charge on any atom is -0.748 e. The fraction of sp³-hybridized carbons (Fsp3) is 0.317. The fourth-order valence-corrected chi connectivity index (χ4v) is 13.0. The zero-order valence-electron chi connectivity index (χ0n) is 54.7. The number of carboxylic acid groups (broad SMARTS) is 1. The molecule has 0 atom stereocenters. The Morgan fingerprint density at radius 2 is 1.19 bits per heavy atom. The number of aryl methyl sites for hydroxylation is 2. The fourth-order valence-electron chi connectivity index (χ4n) is 11.0. The van der Waals surface area contributed by atoms with Crippen LogP contribution in [-0.4, -0.2) is 95.6 Å². The van der Waals surface area contributed by atoms with Crippen LogP contribution in [0, 0.1) is 0 Å². The third kappa shape index (κ3) is 21.8. The number of thiol groups is 1. The van der Waals surface area contributed by atoms with Crippen molar-refractivity contribution in [3.05, 3.63) is 144 Å². The number of nitrogens with one attached hydrogen (secondary N) is 1. The molecule has 1 N–H and O–H groups in total. The number of nitrogens with zero attached hydrogens (tertiary/aromatic N) is 8. The maximum atomic E-state index is 13.1. The van der Waals surface area contributed by atoms with Crippen LogP contribution in [0.1, 0.15) is 103 Å². The summed E-state index contributed by atoms with van der Waals surface area (Å²) in [6.07, 6.45) is 11.1. The molecule has 8 aromatic rings. The van der Waals surface area contributed by atoms with Gasteiger partial charge >= 0.3 is 100 Å². The number of aliphatic carboxylic acids is 1. The van der Waals surface area contributed by atoms with Crippen LogP contribution >= 0.6 is 24.7 Å². The summed E-state index contributed by atoms with van der Waals surface area (Å²) in [5.74, 6) is -0.560. The molecule has 10 rings (SSSR count). The number of hydrogen-bond acceptors (Lipinski definition) is 26. The molecule has 0 bridgehead atoms. The average Bonchev–Trinajstić information content (AvgIpc) is 1.65. The van der Waals surface area contributed by atoms with Crippen LogP contribution in [-0.2, 0) is 62.4 Å². The summed E-state index contributed by atoms with van der Waals surface area (Å²) in [5, 5.41) is 39.9. The molecule has 99 heavy (non-hydrogen) atoms. The van der Waals surface area contributed by atoms with Gasteiger partial charge in [0.1, 0.15) is 10.1 Å². The van der Waals surface area contributed by atoms with E-state index in [1.165, 1.54) is 16.8 Å². The van der Waals surface area contributed by atoms with Gasteiger partial charge in [-0.1, -0.05) is 32.0 Å². The predicted octanol–water partition coefficient (Wildman–Crippen LogP) is -1.72. The molecule has 0 unspecified atom stereocenters. The van der Waals surface area contributed by atoms with Crippen molar-refractivity contribution >= 4 is 118 Å². The largest absolute Gasteiger partial charge is 1.00 e. The molecule has 5 aromatic carbocycles. The van der Waals surface area contributed by atoms with Gasteiger partial charge in [0.25, 0.3) is 11.0 Å². The number of amides is 1. The summed E-state index contributed by atoms with van der Waals surface area (Å²) in [7, 11) is -14.1. The number of allylic oxidation sites excluding steroid dienone is 4. The SMILES string of the molecule is CCC(=Cc1oc2cc(S(=O)(=O)[O-])ccc2[n+]1CCCCCC(=O)[O-])C=C1Oc2ccc(-c3ccc4c(c3)N(CCCS(=O)(=O)[O-])C(=CC(=Cc3oc5cc(SOO[O-])ccc5[n+]3CCCCCC(=O)Nc3cccc(-n5nnnc5S)c3)CC)O4)cc2N1CCCS(=O)(=O)[O-].[Na+].[Na+].[Na+]. The Labute approximate surface area is 647 Å². The van der Waals surface area contributed by atoms with Crippen molar-refractivity contribution in [1.82, 2.24) is 20.2 Å². The van der Waals surface area contributed by atoms with Crippen LogP contribution in [0.4, 0.5) is 17.1 Å². The second-order valence-corrected chi connectivity index (χ2v) is 27.9. The monoisotopic (exact) mass is 1480 g/mol. The average molecular weight is 1480 g/mol. The number of carboxylic acids is 1. The Hall–Kier alpha value is -5.48. The van der Waals surface area contributed by atoms with Gasteiger partial charge in [0, 0.05) is 96.8 Å². The Balaban J connectivity index is 0.00000459. The summed E-state index contributed by atoms with van der Waals surface area (Å²) in [4.78, 5) is 27.7. The van der Waals surface area contributed by atoms with Gasteiger partial charge in [-0.2, -0.15) is 18.1 Å². The number of hydrogen-bond donors (Lipinski definition) is 2. The number of aromatic nitrogens is 6. The van der Waals surface area contributed by atoms with Crippen LogP contribution in [0.25, 0.3) is 51.2 Å². The van der Waals surface area contributed by atoms with E-state index in [1.54, 1.807) is 81.1 Å². The number of fused-ring (bicyclic) bond motifs is 4. The predicted molar refractivity (Wildman–Crippen MR) is 345 cm³/mol. The van der Waals surface area contributed by atoms with Crippen molar-refractivity contribution in [3.63, 3.8) is 0 Å². The number of carbonyl (C=O) groups excluding carboxylic acids is 2. The van der Waals surface area contributed by atoms with E-state index in [-0.39, 0.29) is 156 Å².